The average molecular weight is 360 g/mol. The molecule has 0 fully saturated rings. The van der Waals surface area contributed by atoms with Crippen LogP contribution in [0.4, 0.5) is 0 Å². The van der Waals surface area contributed by atoms with Gasteiger partial charge in [0, 0.05) is 24.5 Å². The Labute approximate surface area is 157 Å². The minimum absolute atomic E-state index is 0.0206. The highest BCUT2D eigenvalue weighted by Crippen LogP contribution is 2.25. The van der Waals surface area contributed by atoms with Gasteiger partial charge >= 0.3 is 0 Å². The molecule has 144 valence electrons. The third-order valence-electron chi connectivity index (χ3n) is 4.32. The van der Waals surface area contributed by atoms with Crippen LogP contribution in [0, 0.1) is 5.92 Å². The van der Waals surface area contributed by atoms with Gasteiger partial charge in [-0.25, -0.2) is 0 Å². The van der Waals surface area contributed by atoms with Gasteiger partial charge in [0.25, 0.3) is 0 Å². The quantitative estimate of drug-likeness (QED) is 0.296. The lowest BCUT2D eigenvalue weighted by Gasteiger charge is -2.06. The zero-order chi connectivity index (χ0) is 19.0. The van der Waals surface area contributed by atoms with Gasteiger partial charge in [0.2, 0.25) is 5.91 Å². The molecule has 0 aromatic rings. The summed E-state index contributed by atoms with van der Waals surface area (Å²) in [5.41, 5.74) is 0.866. The van der Waals surface area contributed by atoms with E-state index >= 15 is 0 Å². The number of nitrogens with one attached hydrogen (secondary N) is 1. The molecule has 1 atom stereocenters. The Hall–Kier alpha value is -1.94. The zero-order valence-corrected chi connectivity index (χ0v) is 16.0. The zero-order valence-electron chi connectivity index (χ0n) is 16.0. The van der Waals surface area contributed by atoms with E-state index in [4.69, 9.17) is 5.11 Å². The Bertz CT molecular complexity index is 544. The second kappa shape index (κ2) is 14.3. The molecular formula is C22H33NO3. The largest absolute Gasteiger partial charge is 0.395 e. The molecular weight excluding hydrogens is 326 g/mol. The van der Waals surface area contributed by atoms with Crippen LogP contribution in [0.1, 0.15) is 58.3 Å². The summed E-state index contributed by atoms with van der Waals surface area (Å²) in [7, 11) is 0. The molecule has 1 rings (SSSR count). The van der Waals surface area contributed by atoms with Crippen molar-refractivity contribution < 1.29 is 14.7 Å². The van der Waals surface area contributed by atoms with Crippen LogP contribution >= 0.6 is 0 Å². The van der Waals surface area contributed by atoms with Crippen LogP contribution < -0.4 is 5.32 Å². The van der Waals surface area contributed by atoms with E-state index in [-0.39, 0.29) is 24.2 Å². The fourth-order valence-electron chi connectivity index (χ4n) is 2.80. The van der Waals surface area contributed by atoms with Crippen molar-refractivity contribution in [2.45, 2.75) is 58.3 Å². The summed E-state index contributed by atoms with van der Waals surface area (Å²) < 4.78 is 0. The number of aliphatic hydroxyl groups excluding tert-OH is 1. The monoisotopic (exact) mass is 359 g/mol. The van der Waals surface area contributed by atoms with Crippen molar-refractivity contribution in [3.63, 3.8) is 0 Å². The van der Waals surface area contributed by atoms with E-state index in [1.165, 1.54) is 19.3 Å². The first-order chi connectivity index (χ1) is 12.7. The van der Waals surface area contributed by atoms with Gasteiger partial charge in [0.15, 0.2) is 5.78 Å². The number of hydrogen-bond donors (Lipinski definition) is 2. The molecule has 0 aromatic carbocycles. The van der Waals surface area contributed by atoms with E-state index in [2.05, 4.69) is 30.5 Å². The number of unbranched alkanes of at least 4 members (excludes halogenated alkanes) is 4. The summed E-state index contributed by atoms with van der Waals surface area (Å²) in [6.45, 7) is 2.49. The first-order valence-corrected chi connectivity index (χ1v) is 9.80. The third-order valence-corrected chi connectivity index (χ3v) is 4.32. The second-order valence-corrected chi connectivity index (χ2v) is 6.55. The lowest BCUT2D eigenvalue weighted by Crippen LogP contribution is -2.25. The van der Waals surface area contributed by atoms with Crippen molar-refractivity contribution in [1.82, 2.24) is 5.32 Å². The molecule has 2 N–H and O–H groups in total. The van der Waals surface area contributed by atoms with Gasteiger partial charge < -0.3 is 10.4 Å². The number of rotatable bonds is 13. The number of carbonyl (C=O) groups excluding carboxylic acids is 2. The maximum Gasteiger partial charge on any atom is 0.220 e. The number of aliphatic hydroxyl groups is 1. The highest BCUT2D eigenvalue weighted by molar-refractivity contribution is 6.07. The van der Waals surface area contributed by atoms with Gasteiger partial charge in [-0.05, 0) is 38.2 Å². The van der Waals surface area contributed by atoms with Crippen LogP contribution in [-0.2, 0) is 9.59 Å². The number of carbonyl (C=O) groups is 2. The van der Waals surface area contributed by atoms with Crippen molar-refractivity contribution in [1.29, 1.82) is 0 Å². The maximum atomic E-state index is 12.0. The fraction of sp³-hybridized carbons (Fsp3) is 0.545. The highest BCUT2D eigenvalue weighted by atomic mass is 16.3. The molecule has 26 heavy (non-hydrogen) atoms. The summed E-state index contributed by atoms with van der Waals surface area (Å²) in [6, 6.07) is 0. The van der Waals surface area contributed by atoms with Crippen molar-refractivity contribution in [3.05, 3.63) is 48.1 Å². The van der Waals surface area contributed by atoms with E-state index in [1.807, 2.05) is 18.2 Å². The van der Waals surface area contributed by atoms with E-state index in [0.717, 1.165) is 31.3 Å². The Balaban J connectivity index is 2.30. The Morgan fingerprint density at radius 1 is 1.19 bits per heavy atom. The summed E-state index contributed by atoms with van der Waals surface area (Å²) in [5, 5.41) is 11.3. The van der Waals surface area contributed by atoms with E-state index in [9.17, 15) is 9.59 Å². The number of amides is 1. The van der Waals surface area contributed by atoms with Crippen molar-refractivity contribution in [2.75, 3.05) is 13.2 Å². The average Bonchev–Trinajstić information content (AvgIpc) is 2.99. The molecule has 0 aromatic heterocycles. The number of ketones is 1. The summed E-state index contributed by atoms with van der Waals surface area (Å²) in [6.07, 6.45) is 21.6. The van der Waals surface area contributed by atoms with Crippen molar-refractivity contribution in [3.8, 4) is 0 Å². The molecule has 1 aliphatic carbocycles. The van der Waals surface area contributed by atoms with E-state index < -0.39 is 0 Å². The van der Waals surface area contributed by atoms with Gasteiger partial charge in [0.1, 0.15) is 0 Å². The Morgan fingerprint density at radius 2 is 2.00 bits per heavy atom. The van der Waals surface area contributed by atoms with Crippen LogP contribution in [0.15, 0.2) is 48.1 Å². The summed E-state index contributed by atoms with van der Waals surface area (Å²) >= 11 is 0. The molecule has 0 saturated heterocycles. The van der Waals surface area contributed by atoms with Crippen molar-refractivity contribution >= 4 is 11.7 Å². The van der Waals surface area contributed by atoms with Crippen LogP contribution in [0.2, 0.25) is 0 Å². The SMILES string of the molecule is CCCCC/C=C/C=C1/C(=O)C=CC1C/C=C\CCCC(=O)NCCO. The normalized spacial score (nSPS) is 18.6. The van der Waals surface area contributed by atoms with Gasteiger partial charge in [-0.3, -0.25) is 9.59 Å². The van der Waals surface area contributed by atoms with E-state index in [0.29, 0.717) is 13.0 Å². The van der Waals surface area contributed by atoms with Gasteiger partial charge in [-0.2, -0.15) is 0 Å². The molecule has 1 aliphatic rings. The number of hydrogen-bond acceptors (Lipinski definition) is 3. The molecule has 1 amide bonds. The molecule has 0 heterocycles. The summed E-state index contributed by atoms with van der Waals surface area (Å²) in [4.78, 5) is 23.4. The lowest BCUT2D eigenvalue weighted by molar-refractivity contribution is -0.121. The first kappa shape index (κ1) is 22.1. The topological polar surface area (TPSA) is 66.4 Å². The number of allylic oxidation sites excluding steroid dienone is 8. The Kier molecular flexibility index (Phi) is 12.1. The summed E-state index contributed by atoms with van der Waals surface area (Å²) in [5.74, 6) is 0.252. The second-order valence-electron chi connectivity index (χ2n) is 6.55. The molecule has 0 aliphatic heterocycles. The molecule has 0 saturated carbocycles. The lowest BCUT2D eigenvalue weighted by atomic mass is 9.97. The van der Waals surface area contributed by atoms with Crippen LogP contribution in [-0.4, -0.2) is 29.9 Å². The maximum absolute atomic E-state index is 12.0. The molecule has 1 unspecified atom stereocenters. The van der Waals surface area contributed by atoms with Gasteiger partial charge in [0.05, 0.1) is 6.61 Å². The Morgan fingerprint density at radius 3 is 2.77 bits per heavy atom. The minimum atomic E-state index is -0.0248. The minimum Gasteiger partial charge on any atom is -0.395 e. The molecule has 0 radical (unpaired) electrons. The third kappa shape index (κ3) is 9.52. The molecule has 0 bridgehead atoms. The van der Waals surface area contributed by atoms with Crippen LogP contribution in [0.5, 0.6) is 0 Å². The van der Waals surface area contributed by atoms with Crippen LogP contribution in [0.25, 0.3) is 0 Å². The molecule has 0 spiro atoms. The molecule has 4 heteroatoms. The van der Waals surface area contributed by atoms with Gasteiger partial charge in [-0.15, -0.1) is 0 Å². The van der Waals surface area contributed by atoms with Crippen LogP contribution in [0.3, 0.4) is 0 Å². The smallest absolute Gasteiger partial charge is 0.220 e. The standard InChI is InChI=1S/C22H33NO3/c1-2-3-4-5-6-10-13-20-19(15-16-21(20)25)12-9-7-8-11-14-22(26)23-17-18-24/h6-7,9-10,13,15-16,19,24H,2-5,8,11-12,14,17-18H2,1H3,(H,23,26)/b9-7-,10-6+,20-13+. The molecule has 4 nitrogen and oxygen atoms in total. The first-order valence-electron chi connectivity index (χ1n) is 9.80. The van der Waals surface area contributed by atoms with Gasteiger partial charge in [-0.1, -0.05) is 56.2 Å². The van der Waals surface area contributed by atoms with Crippen molar-refractivity contribution in [2.24, 2.45) is 5.92 Å². The predicted octanol–water partition coefficient (Wildman–Crippen LogP) is 4.03. The van der Waals surface area contributed by atoms with E-state index in [1.54, 1.807) is 6.08 Å². The fourth-order valence-corrected chi connectivity index (χ4v) is 2.80. The highest BCUT2D eigenvalue weighted by Gasteiger charge is 2.20. The predicted molar refractivity (Wildman–Crippen MR) is 107 cm³/mol.